The lowest BCUT2D eigenvalue weighted by Crippen LogP contribution is -2.58. The van der Waals surface area contributed by atoms with Gasteiger partial charge in [-0.25, -0.2) is 0 Å². The quantitative estimate of drug-likeness (QED) is 0.748. The highest BCUT2D eigenvalue weighted by molar-refractivity contribution is 5.26. The van der Waals surface area contributed by atoms with Gasteiger partial charge in [-0.3, -0.25) is 0 Å². The van der Waals surface area contributed by atoms with E-state index in [9.17, 15) is 15.3 Å². The predicted octanol–water partition coefficient (Wildman–Crippen LogP) is 0.591. The maximum absolute atomic E-state index is 9.88. The third-order valence-electron chi connectivity index (χ3n) is 3.34. The van der Waals surface area contributed by atoms with E-state index in [4.69, 9.17) is 9.47 Å². The molecule has 19 heavy (non-hydrogen) atoms. The molecule has 0 spiro atoms. The minimum Gasteiger partial charge on any atom is -0.462 e. The zero-order chi connectivity index (χ0) is 14.0. The van der Waals surface area contributed by atoms with Crippen LogP contribution in [0.25, 0.3) is 0 Å². The van der Waals surface area contributed by atoms with E-state index in [2.05, 4.69) is 0 Å². The Morgan fingerprint density at radius 2 is 1.68 bits per heavy atom. The van der Waals surface area contributed by atoms with Gasteiger partial charge in [-0.1, -0.05) is 24.6 Å². The first kappa shape index (κ1) is 14.3. The van der Waals surface area contributed by atoms with Crippen molar-refractivity contribution in [2.45, 2.75) is 51.0 Å². The van der Waals surface area contributed by atoms with Gasteiger partial charge in [-0.05, 0) is 25.5 Å². The van der Waals surface area contributed by atoms with Gasteiger partial charge < -0.3 is 24.8 Å². The molecule has 1 aliphatic heterocycles. The van der Waals surface area contributed by atoms with Gasteiger partial charge in [0.15, 0.2) is 0 Å². The summed E-state index contributed by atoms with van der Waals surface area (Å²) < 4.78 is 11.0. The van der Waals surface area contributed by atoms with Crippen LogP contribution in [-0.2, 0) is 4.74 Å². The first-order valence-electron chi connectivity index (χ1n) is 6.46. The molecule has 3 N–H and O–H groups in total. The molecule has 1 aromatic rings. The molecule has 0 aromatic heterocycles. The smallest absolute Gasteiger partial charge is 0.229 e. The first-order chi connectivity index (χ1) is 9.02. The summed E-state index contributed by atoms with van der Waals surface area (Å²) in [6.07, 6.45) is -4.65. The van der Waals surface area contributed by atoms with E-state index < -0.39 is 30.7 Å². The number of benzene rings is 1. The van der Waals surface area contributed by atoms with Crippen molar-refractivity contribution >= 4 is 0 Å². The van der Waals surface area contributed by atoms with Crippen molar-refractivity contribution in [3.8, 4) is 5.75 Å². The fourth-order valence-corrected chi connectivity index (χ4v) is 2.10. The SMILES string of the molecule is CC[C@H]1O[C@H](Oc2ccc(C)cc2)[C@@H](O)[C@@H](O)[C@@H]1O. The summed E-state index contributed by atoms with van der Waals surface area (Å²) in [5.74, 6) is 0.549. The van der Waals surface area contributed by atoms with Crippen molar-refractivity contribution in [2.75, 3.05) is 0 Å². The molecule has 0 aliphatic carbocycles. The molecule has 0 amide bonds. The lowest BCUT2D eigenvalue weighted by Gasteiger charge is -2.40. The maximum Gasteiger partial charge on any atom is 0.229 e. The van der Waals surface area contributed by atoms with E-state index in [0.29, 0.717) is 12.2 Å². The van der Waals surface area contributed by atoms with Crippen molar-refractivity contribution in [2.24, 2.45) is 0 Å². The molecule has 2 rings (SSSR count). The minimum atomic E-state index is -1.28. The Bertz CT molecular complexity index is 403. The van der Waals surface area contributed by atoms with Crippen LogP contribution in [0.15, 0.2) is 24.3 Å². The third-order valence-corrected chi connectivity index (χ3v) is 3.34. The molecule has 0 unspecified atom stereocenters. The van der Waals surface area contributed by atoms with Crippen molar-refractivity contribution in [1.29, 1.82) is 0 Å². The molecule has 1 fully saturated rings. The van der Waals surface area contributed by atoms with Crippen LogP contribution in [0.5, 0.6) is 5.75 Å². The fraction of sp³-hybridized carbons (Fsp3) is 0.571. The Kier molecular flexibility index (Phi) is 4.42. The number of aryl methyl sites for hydroxylation is 1. The summed E-state index contributed by atoms with van der Waals surface area (Å²) in [5.41, 5.74) is 1.10. The molecular formula is C14H20O5. The second-order valence-electron chi connectivity index (χ2n) is 4.85. The molecular weight excluding hydrogens is 248 g/mol. The van der Waals surface area contributed by atoms with Gasteiger partial charge in [-0.2, -0.15) is 0 Å². The monoisotopic (exact) mass is 268 g/mol. The number of aliphatic hydroxyl groups excluding tert-OH is 3. The van der Waals surface area contributed by atoms with Gasteiger partial charge in [-0.15, -0.1) is 0 Å². The second-order valence-corrected chi connectivity index (χ2v) is 4.85. The van der Waals surface area contributed by atoms with Gasteiger partial charge >= 0.3 is 0 Å². The fourth-order valence-electron chi connectivity index (χ4n) is 2.10. The standard InChI is InChI=1S/C14H20O5/c1-3-10-11(15)12(16)13(17)14(19-10)18-9-6-4-8(2)5-7-9/h4-7,10-17H,3H2,1-2H3/t10-,11-,12+,13+,14+/m1/s1. The summed E-state index contributed by atoms with van der Waals surface area (Å²) in [7, 11) is 0. The molecule has 5 atom stereocenters. The average molecular weight is 268 g/mol. The minimum absolute atomic E-state index is 0.526. The number of hydrogen-bond donors (Lipinski definition) is 3. The highest BCUT2D eigenvalue weighted by Gasteiger charge is 2.44. The Balaban J connectivity index is 2.08. The van der Waals surface area contributed by atoms with Crippen LogP contribution < -0.4 is 4.74 Å². The van der Waals surface area contributed by atoms with E-state index in [1.807, 2.05) is 26.0 Å². The third kappa shape index (κ3) is 3.06. The molecule has 5 nitrogen and oxygen atoms in total. The Hall–Kier alpha value is -1.14. The Labute approximate surface area is 112 Å². The molecule has 5 heteroatoms. The predicted molar refractivity (Wildman–Crippen MR) is 68.8 cm³/mol. The van der Waals surface area contributed by atoms with E-state index in [-0.39, 0.29) is 0 Å². The summed E-state index contributed by atoms with van der Waals surface area (Å²) in [5, 5.41) is 29.4. The number of ether oxygens (including phenoxy) is 2. The molecule has 1 saturated heterocycles. The lowest BCUT2D eigenvalue weighted by molar-refractivity contribution is -0.272. The van der Waals surface area contributed by atoms with Crippen LogP contribution in [0.2, 0.25) is 0 Å². The van der Waals surface area contributed by atoms with Crippen LogP contribution >= 0.6 is 0 Å². The molecule has 0 radical (unpaired) electrons. The lowest BCUT2D eigenvalue weighted by atomic mass is 9.97. The van der Waals surface area contributed by atoms with E-state index in [0.717, 1.165) is 5.56 Å². The Morgan fingerprint density at radius 3 is 2.26 bits per heavy atom. The topological polar surface area (TPSA) is 79.2 Å². The van der Waals surface area contributed by atoms with Crippen molar-refractivity contribution in [3.05, 3.63) is 29.8 Å². The molecule has 106 valence electrons. The summed E-state index contributed by atoms with van der Waals surface area (Å²) in [6, 6.07) is 7.30. The van der Waals surface area contributed by atoms with Gasteiger partial charge in [0.25, 0.3) is 0 Å². The van der Waals surface area contributed by atoms with Gasteiger partial charge in [0.1, 0.15) is 24.1 Å². The number of rotatable bonds is 3. The molecule has 0 saturated carbocycles. The zero-order valence-corrected chi connectivity index (χ0v) is 11.1. The van der Waals surface area contributed by atoms with Gasteiger partial charge in [0, 0.05) is 0 Å². The highest BCUT2D eigenvalue weighted by Crippen LogP contribution is 2.25. The largest absolute Gasteiger partial charge is 0.462 e. The van der Waals surface area contributed by atoms with Crippen LogP contribution in [0.3, 0.4) is 0 Å². The molecule has 1 aliphatic rings. The number of aliphatic hydroxyl groups is 3. The second kappa shape index (κ2) is 5.88. The molecule has 0 bridgehead atoms. The highest BCUT2D eigenvalue weighted by atomic mass is 16.7. The van der Waals surface area contributed by atoms with E-state index in [1.54, 1.807) is 12.1 Å². The zero-order valence-electron chi connectivity index (χ0n) is 11.1. The number of hydrogen-bond acceptors (Lipinski definition) is 5. The van der Waals surface area contributed by atoms with Crippen LogP contribution in [0.4, 0.5) is 0 Å². The van der Waals surface area contributed by atoms with E-state index in [1.165, 1.54) is 0 Å². The van der Waals surface area contributed by atoms with E-state index >= 15 is 0 Å². The normalized spacial score (nSPS) is 35.1. The van der Waals surface area contributed by atoms with Crippen molar-refractivity contribution in [1.82, 2.24) is 0 Å². The molecule has 1 heterocycles. The Morgan fingerprint density at radius 1 is 1.05 bits per heavy atom. The van der Waals surface area contributed by atoms with Crippen molar-refractivity contribution < 1.29 is 24.8 Å². The average Bonchev–Trinajstić information content (AvgIpc) is 2.42. The summed E-state index contributed by atoms with van der Waals surface area (Å²) in [4.78, 5) is 0. The summed E-state index contributed by atoms with van der Waals surface area (Å²) in [6.45, 7) is 3.80. The first-order valence-corrected chi connectivity index (χ1v) is 6.46. The van der Waals surface area contributed by atoms with Crippen LogP contribution in [-0.4, -0.2) is 46.0 Å². The van der Waals surface area contributed by atoms with Crippen molar-refractivity contribution in [3.63, 3.8) is 0 Å². The van der Waals surface area contributed by atoms with Gasteiger partial charge in [0.05, 0.1) is 6.10 Å². The molecule has 1 aromatic carbocycles. The van der Waals surface area contributed by atoms with Crippen LogP contribution in [0.1, 0.15) is 18.9 Å². The van der Waals surface area contributed by atoms with Crippen LogP contribution in [0, 0.1) is 6.92 Å². The summed E-state index contributed by atoms with van der Waals surface area (Å²) >= 11 is 0. The maximum atomic E-state index is 9.88. The van der Waals surface area contributed by atoms with Gasteiger partial charge in [0.2, 0.25) is 6.29 Å².